The van der Waals surface area contributed by atoms with Gasteiger partial charge in [0.05, 0.1) is 12.2 Å². The third kappa shape index (κ3) is 2.59. The Labute approximate surface area is 124 Å². The molecule has 8 heteroatoms. The van der Waals surface area contributed by atoms with Crippen LogP contribution in [0.25, 0.3) is 0 Å². The van der Waals surface area contributed by atoms with Crippen LogP contribution in [0.4, 0.5) is 0 Å². The summed E-state index contributed by atoms with van der Waals surface area (Å²) in [7, 11) is 0. The number of amides is 1. The maximum absolute atomic E-state index is 12.2. The molecule has 2 heterocycles. The standard InChI is InChI=1S/C13H11ClN4O3/c14-9-3-1-8(2-4-9)12(19)17-5-10(6-17)18-7-11(13(20)21)15-16-18/h1-4,7,10H,5-6H2,(H,20,21). The molecule has 1 N–H and O–H groups in total. The van der Waals surface area contributed by atoms with E-state index in [-0.39, 0.29) is 17.6 Å². The Morgan fingerprint density at radius 2 is 1.90 bits per heavy atom. The summed E-state index contributed by atoms with van der Waals surface area (Å²) in [6.45, 7) is 0.952. The van der Waals surface area contributed by atoms with Crippen LogP contribution in [0.15, 0.2) is 30.5 Å². The largest absolute Gasteiger partial charge is 0.476 e. The molecular weight excluding hydrogens is 296 g/mol. The predicted molar refractivity (Wildman–Crippen MR) is 73.4 cm³/mol. The number of hydrogen-bond acceptors (Lipinski definition) is 4. The lowest BCUT2D eigenvalue weighted by molar-refractivity contribution is 0.0497. The van der Waals surface area contributed by atoms with E-state index >= 15 is 0 Å². The van der Waals surface area contributed by atoms with Crippen LogP contribution in [0.3, 0.4) is 0 Å². The van der Waals surface area contributed by atoms with Crippen molar-refractivity contribution in [2.45, 2.75) is 6.04 Å². The van der Waals surface area contributed by atoms with Gasteiger partial charge >= 0.3 is 5.97 Å². The maximum atomic E-state index is 12.2. The quantitative estimate of drug-likeness (QED) is 0.924. The van der Waals surface area contributed by atoms with Crippen LogP contribution >= 0.6 is 11.6 Å². The number of benzene rings is 1. The lowest BCUT2D eigenvalue weighted by Gasteiger charge is -2.38. The molecule has 108 valence electrons. The van der Waals surface area contributed by atoms with E-state index in [9.17, 15) is 9.59 Å². The highest BCUT2D eigenvalue weighted by molar-refractivity contribution is 6.30. The van der Waals surface area contributed by atoms with E-state index in [0.717, 1.165) is 0 Å². The normalized spacial score (nSPS) is 14.8. The van der Waals surface area contributed by atoms with Crippen LogP contribution in [0.2, 0.25) is 5.02 Å². The monoisotopic (exact) mass is 306 g/mol. The first kappa shape index (κ1) is 13.6. The van der Waals surface area contributed by atoms with Crippen molar-refractivity contribution in [3.8, 4) is 0 Å². The van der Waals surface area contributed by atoms with Crippen molar-refractivity contribution in [3.05, 3.63) is 46.7 Å². The van der Waals surface area contributed by atoms with Crippen molar-refractivity contribution >= 4 is 23.5 Å². The topological polar surface area (TPSA) is 88.3 Å². The molecule has 21 heavy (non-hydrogen) atoms. The van der Waals surface area contributed by atoms with Gasteiger partial charge in [-0.3, -0.25) is 4.79 Å². The summed E-state index contributed by atoms with van der Waals surface area (Å²) in [6, 6.07) is 6.65. The number of carbonyl (C=O) groups excluding carboxylic acids is 1. The van der Waals surface area contributed by atoms with Crippen molar-refractivity contribution in [2.75, 3.05) is 13.1 Å². The number of rotatable bonds is 3. The van der Waals surface area contributed by atoms with Crippen molar-refractivity contribution in [2.24, 2.45) is 0 Å². The minimum absolute atomic E-state index is 0.0400. The molecule has 0 radical (unpaired) electrons. The molecule has 0 spiro atoms. The molecule has 3 rings (SSSR count). The highest BCUT2D eigenvalue weighted by Gasteiger charge is 2.33. The van der Waals surface area contributed by atoms with Crippen LogP contribution in [0.5, 0.6) is 0 Å². The zero-order valence-corrected chi connectivity index (χ0v) is 11.6. The van der Waals surface area contributed by atoms with Gasteiger partial charge in [-0.05, 0) is 24.3 Å². The fourth-order valence-electron chi connectivity index (χ4n) is 2.12. The molecule has 2 aromatic rings. The highest BCUT2D eigenvalue weighted by atomic mass is 35.5. The van der Waals surface area contributed by atoms with Crippen molar-refractivity contribution < 1.29 is 14.7 Å². The fourth-order valence-corrected chi connectivity index (χ4v) is 2.24. The predicted octanol–water partition coefficient (Wildman–Crippen LogP) is 1.33. The number of halogens is 1. The molecule has 0 atom stereocenters. The summed E-state index contributed by atoms with van der Waals surface area (Å²) >= 11 is 5.78. The van der Waals surface area contributed by atoms with Gasteiger partial charge in [-0.1, -0.05) is 16.8 Å². The van der Waals surface area contributed by atoms with E-state index in [4.69, 9.17) is 16.7 Å². The van der Waals surface area contributed by atoms with Gasteiger partial charge in [-0.15, -0.1) is 5.10 Å². The average Bonchev–Trinajstić information content (AvgIpc) is 2.87. The second-order valence-corrected chi connectivity index (χ2v) is 5.20. The summed E-state index contributed by atoms with van der Waals surface area (Å²) in [5.41, 5.74) is 0.472. The maximum Gasteiger partial charge on any atom is 0.358 e. The van der Waals surface area contributed by atoms with Crippen LogP contribution in [-0.4, -0.2) is 50.0 Å². The van der Waals surface area contributed by atoms with Crippen LogP contribution < -0.4 is 0 Å². The first-order valence-electron chi connectivity index (χ1n) is 6.24. The number of nitrogens with zero attached hydrogens (tertiary/aromatic N) is 4. The minimum atomic E-state index is -1.12. The van der Waals surface area contributed by atoms with E-state index < -0.39 is 5.97 Å². The number of carbonyl (C=O) groups is 2. The highest BCUT2D eigenvalue weighted by Crippen LogP contribution is 2.23. The van der Waals surface area contributed by atoms with E-state index in [1.165, 1.54) is 10.9 Å². The summed E-state index contributed by atoms with van der Waals surface area (Å²) < 4.78 is 1.48. The molecule has 1 saturated heterocycles. The first-order valence-corrected chi connectivity index (χ1v) is 6.62. The van der Waals surface area contributed by atoms with Gasteiger partial charge in [0.15, 0.2) is 5.69 Å². The van der Waals surface area contributed by atoms with Crippen molar-refractivity contribution in [3.63, 3.8) is 0 Å². The minimum Gasteiger partial charge on any atom is -0.476 e. The van der Waals surface area contributed by atoms with Gasteiger partial charge in [0.1, 0.15) is 0 Å². The zero-order chi connectivity index (χ0) is 15.0. The molecule has 7 nitrogen and oxygen atoms in total. The van der Waals surface area contributed by atoms with E-state index in [2.05, 4.69) is 10.3 Å². The zero-order valence-electron chi connectivity index (χ0n) is 10.8. The molecule has 0 bridgehead atoms. The van der Waals surface area contributed by atoms with E-state index in [1.54, 1.807) is 29.2 Å². The molecular formula is C13H11ClN4O3. The second kappa shape index (κ2) is 5.17. The van der Waals surface area contributed by atoms with E-state index in [1.807, 2.05) is 0 Å². The van der Waals surface area contributed by atoms with Crippen molar-refractivity contribution in [1.29, 1.82) is 0 Å². The molecule has 0 unspecified atom stereocenters. The van der Waals surface area contributed by atoms with Gasteiger partial charge in [0.2, 0.25) is 0 Å². The molecule has 0 aliphatic carbocycles. The molecule has 1 amide bonds. The summed E-state index contributed by atoms with van der Waals surface area (Å²) in [4.78, 5) is 24.6. The summed E-state index contributed by atoms with van der Waals surface area (Å²) in [5.74, 6) is -1.20. The summed E-state index contributed by atoms with van der Waals surface area (Å²) in [5, 5.41) is 16.7. The van der Waals surface area contributed by atoms with Gasteiger partial charge in [0, 0.05) is 23.7 Å². The number of aromatic carboxylic acids is 1. The fraction of sp³-hybridized carbons (Fsp3) is 0.231. The molecule has 1 fully saturated rings. The SMILES string of the molecule is O=C(O)c1cn(C2CN(C(=O)c3ccc(Cl)cc3)C2)nn1. The lowest BCUT2D eigenvalue weighted by atomic mass is 10.1. The Morgan fingerprint density at radius 3 is 2.48 bits per heavy atom. The molecule has 1 aliphatic heterocycles. The second-order valence-electron chi connectivity index (χ2n) is 4.76. The Morgan fingerprint density at radius 1 is 1.24 bits per heavy atom. The Kier molecular flexibility index (Phi) is 3.34. The Balaban J connectivity index is 1.63. The number of likely N-dealkylation sites (tertiary alicyclic amines) is 1. The molecule has 1 aromatic heterocycles. The van der Waals surface area contributed by atoms with Gasteiger partial charge in [-0.2, -0.15) is 0 Å². The Hall–Kier alpha value is -2.41. The molecule has 1 aromatic carbocycles. The van der Waals surface area contributed by atoms with Crippen molar-refractivity contribution in [1.82, 2.24) is 19.9 Å². The number of hydrogen-bond donors (Lipinski definition) is 1. The van der Waals surface area contributed by atoms with Gasteiger partial charge in [-0.25, -0.2) is 9.48 Å². The third-order valence-electron chi connectivity index (χ3n) is 3.34. The molecule has 1 aliphatic rings. The number of carboxylic acid groups (broad SMARTS) is 1. The number of aromatic nitrogens is 3. The smallest absolute Gasteiger partial charge is 0.358 e. The van der Waals surface area contributed by atoms with Crippen LogP contribution in [0, 0.1) is 0 Å². The Bertz CT molecular complexity index is 692. The summed E-state index contributed by atoms with van der Waals surface area (Å²) in [6.07, 6.45) is 1.37. The average molecular weight is 307 g/mol. The van der Waals surface area contributed by atoms with Crippen LogP contribution in [0.1, 0.15) is 26.9 Å². The molecule has 0 saturated carbocycles. The number of carboxylic acids is 1. The van der Waals surface area contributed by atoms with E-state index in [0.29, 0.717) is 23.7 Å². The van der Waals surface area contributed by atoms with Crippen LogP contribution in [-0.2, 0) is 0 Å². The van der Waals surface area contributed by atoms with Gasteiger partial charge in [0.25, 0.3) is 5.91 Å². The lowest BCUT2D eigenvalue weighted by Crippen LogP contribution is -2.50. The first-order chi connectivity index (χ1) is 10.0. The third-order valence-corrected chi connectivity index (χ3v) is 3.60. The van der Waals surface area contributed by atoms with Gasteiger partial charge < -0.3 is 10.0 Å².